The van der Waals surface area contributed by atoms with Gasteiger partial charge in [-0.1, -0.05) is 60.6 Å². The van der Waals surface area contributed by atoms with Crippen molar-refractivity contribution in [3.8, 4) is 0 Å². The molecular weight excluding hydrogens is 741 g/mol. The number of ether oxygens (including phenoxy) is 1. The lowest BCUT2D eigenvalue weighted by molar-refractivity contribution is -0.248. The van der Waals surface area contributed by atoms with Gasteiger partial charge in [-0.25, -0.2) is 8.42 Å². The van der Waals surface area contributed by atoms with Crippen molar-refractivity contribution in [2.75, 3.05) is 43.1 Å². The lowest BCUT2D eigenvalue weighted by Crippen LogP contribution is -2.69. The number of thioether (sulfide) groups is 1. The van der Waals surface area contributed by atoms with Gasteiger partial charge in [-0.2, -0.15) is 11.8 Å². The van der Waals surface area contributed by atoms with Gasteiger partial charge >= 0.3 is 11.9 Å². The third kappa shape index (κ3) is 6.69. The molecule has 0 unspecified atom stereocenters. The molecule has 0 aromatic heterocycles. The molecule has 56 heavy (non-hydrogen) atoms. The fourth-order valence-electron chi connectivity index (χ4n) is 15.7. The Labute approximate surface area is 344 Å². The molecule has 0 aromatic carbocycles. The average molecular weight is 817 g/mol. The Morgan fingerprint density at radius 1 is 0.875 bits per heavy atom. The maximum Gasteiger partial charge on any atom is 0.309 e. The summed E-state index contributed by atoms with van der Waals surface area (Å²) >= 11 is 1.89. The van der Waals surface area contributed by atoms with Crippen LogP contribution in [0, 0.1) is 68.5 Å². The Morgan fingerprint density at radius 3 is 2.20 bits per heavy atom. The van der Waals surface area contributed by atoms with Crippen molar-refractivity contribution in [2.45, 2.75) is 150 Å². The first kappa shape index (κ1) is 43.0. The lowest BCUT2D eigenvalue weighted by Gasteiger charge is -2.73. The van der Waals surface area contributed by atoms with E-state index in [9.17, 15) is 23.1 Å². The number of rotatable bonds is 11. The highest BCUT2D eigenvalue weighted by atomic mass is 32.2. The molecule has 1 heterocycles. The predicted octanol–water partition coefficient (Wildman–Crippen LogP) is 8.50. The van der Waals surface area contributed by atoms with Crippen molar-refractivity contribution in [3.05, 3.63) is 12.2 Å². The number of hydrogen-bond donors (Lipinski definition) is 2. The van der Waals surface area contributed by atoms with E-state index in [1.165, 1.54) is 50.5 Å². The van der Waals surface area contributed by atoms with E-state index < -0.39 is 27.1 Å². The Kier molecular flexibility index (Phi) is 11.4. The number of carboxylic acid groups (broad SMARTS) is 1. The first-order valence-corrected chi connectivity index (χ1v) is 25.6. The number of hydrogen-bond acceptors (Lipinski definition) is 8. The van der Waals surface area contributed by atoms with Crippen molar-refractivity contribution in [1.29, 1.82) is 0 Å². The van der Waals surface area contributed by atoms with Crippen LogP contribution in [0.15, 0.2) is 12.2 Å². The van der Waals surface area contributed by atoms with Gasteiger partial charge in [0.2, 0.25) is 0 Å². The van der Waals surface area contributed by atoms with Gasteiger partial charge in [0.25, 0.3) is 0 Å². The summed E-state index contributed by atoms with van der Waals surface area (Å²) in [6.45, 7) is 25.7. The summed E-state index contributed by atoms with van der Waals surface area (Å²) in [5.41, 5.74) is 1.32. The minimum Gasteiger partial charge on any atom is -0.481 e. The highest BCUT2D eigenvalue weighted by Gasteiger charge is 2.71. The van der Waals surface area contributed by atoms with Crippen LogP contribution < -0.4 is 5.32 Å². The topological polar surface area (TPSA) is 113 Å². The molecule has 7 rings (SSSR count). The molecule has 13 atom stereocenters. The number of carbonyl (C=O) groups excluding carboxylic acids is 1. The van der Waals surface area contributed by atoms with Crippen LogP contribution in [-0.4, -0.2) is 91.2 Å². The van der Waals surface area contributed by atoms with Crippen LogP contribution in [0.25, 0.3) is 0 Å². The molecule has 10 heteroatoms. The van der Waals surface area contributed by atoms with E-state index in [0.29, 0.717) is 55.1 Å². The fraction of sp³-hybridized carbons (Fsp3) is 0.913. The number of allylic oxidation sites excluding steroid dienone is 1. The van der Waals surface area contributed by atoms with Gasteiger partial charge in [-0.05, 0) is 147 Å². The summed E-state index contributed by atoms with van der Waals surface area (Å²) < 4.78 is 31.2. The largest absolute Gasteiger partial charge is 0.481 e. The van der Waals surface area contributed by atoms with E-state index in [2.05, 4.69) is 64.6 Å². The molecule has 8 nitrogen and oxygen atoms in total. The van der Waals surface area contributed by atoms with Gasteiger partial charge in [0.05, 0.1) is 23.3 Å². The van der Waals surface area contributed by atoms with Crippen LogP contribution in [0.3, 0.4) is 0 Å². The number of carbonyl (C=O) groups is 2. The van der Waals surface area contributed by atoms with Crippen LogP contribution in [0.4, 0.5) is 0 Å². The van der Waals surface area contributed by atoms with Gasteiger partial charge in [-0.15, -0.1) is 0 Å². The van der Waals surface area contributed by atoms with Crippen LogP contribution in [-0.2, 0) is 24.2 Å². The van der Waals surface area contributed by atoms with E-state index in [0.717, 1.165) is 38.0 Å². The van der Waals surface area contributed by atoms with Crippen molar-refractivity contribution in [3.63, 3.8) is 0 Å². The maximum absolute atomic E-state index is 13.7. The molecule has 7 fully saturated rings. The number of nitrogens with zero attached hydrogens (tertiary/aromatic N) is 1. The molecule has 318 valence electrons. The van der Waals surface area contributed by atoms with E-state index in [-0.39, 0.29) is 56.7 Å². The smallest absolute Gasteiger partial charge is 0.309 e. The minimum atomic E-state index is -2.92. The Balaban J connectivity index is 1.10. The van der Waals surface area contributed by atoms with Crippen molar-refractivity contribution in [2.24, 2.45) is 68.5 Å². The number of sulfone groups is 1. The molecule has 0 aromatic rings. The van der Waals surface area contributed by atoms with Gasteiger partial charge < -0.3 is 15.2 Å². The predicted molar refractivity (Wildman–Crippen MR) is 227 cm³/mol. The molecule has 0 spiro atoms. The number of nitrogens with one attached hydrogen (secondary N) is 1. The summed E-state index contributed by atoms with van der Waals surface area (Å²) in [6, 6.07) is 0.355. The molecule has 7 aliphatic rings. The normalized spacial score (nSPS) is 45.5. The third-order valence-corrected chi connectivity index (χ3v) is 21.6. The molecule has 1 aliphatic heterocycles. The SMILES string of the molecule is C=C(C)[C@@H]1CC[C@]2(NC[C@@H](CCSC)N3CCS(=O)(=O)CC3)CC[C@]3(C)[C@H](CC[C@@H]4[C@@]5(C)CC[C@H](OC(=O)[C@H]6C[C@@H](C(=O)O)C6(C)C)C(C)(C)[C@@H]5CC[C@]43C)[C@@H]12. The van der Waals surface area contributed by atoms with Gasteiger partial charge in [-0.3, -0.25) is 14.5 Å². The maximum atomic E-state index is 13.7. The van der Waals surface area contributed by atoms with Crippen molar-refractivity contribution >= 4 is 33.5 Å². The van der Waals surface area contributed by atoms with Crippen LogP contribution in [0.2, 0.25) is 0 Å². The van der Waals surface area contributed by atoms with E-state index >= 15 is 0 Å². The lowest BCUT2D eigenvalue weighted by atomic mass is 9.32. The summed E-state index contributed by atoms with van der Waals surface area (Å²) in [7, 11) is -2.92. The Morgan fingerprint density at radius 2 is 1.57 bits per heavy atom. The molecule has 2 N–H and O–H groups in total. The molecule has 0 bridgehead atoms. The van der Waals surface area contributed by atoms with Crippen LogP contribution in [0.1, 0.15) is 132 Å². The first-order chi connectivity index (χ1) is 26.1. The monoisotopic (exact) mass is 817 g/mol. The first-order valence-electron chi connectivity index (χ1n) is 22.3. The quantitative estimate of drug-likeness (QED) is 0.157. The zero-order chi connectivity index (χ0) is 40.9. The van der Waals surface area contributed by atoms with E-state index in [1.54, 1.807) is 0 Å². The number of carboxylic acids is 1. The molecular formula is C46H76N2O6S2. The average Bonchev–Trinajstić information content (AvgIpc) is 3.50. The molecule has 6 aliphatic carbocycles. The number of aliphatic carboxylic acids is 1. The molecule has 1 saturated heterocycles. The van der Waals surface area contributed by atoms with Crippen molar-refractivity contribution < 1.29 is 27.9 Å². The summed E-state index contributed by atoms with van der Waals surface area (Å²) in [4.78, 5) is 27.9. The van der Waals surface area contributed by atoms with Crippen LogP contribution >= 0.6 is 11.8 Å². The standard InChI is InChI=1S/C46H76N2O6S2/c1-29(2)31-13-19-46(47-28-30(16-24-55-10)48-22-25-56(52,53)26-23-48)21-20-44(8)32(38(31)46)11-12-36-43(7)17-15-37(42(5,6)35(43)14-18-45(36,44)9)54-40(51)34-27-33(39(49)50)41(34,3)4/h30-38,47H,1,11-28H2,2-10H3,(H,49,50)/t30-,31+,32-,33+,34-,35+,36-,37+,38-,43+,44-,45-,46+/m1/s1. The highest BCUT2D eigenvalue weighted by Crippen LogP contribution is 2.76. The van der Waals surface area contributed by atoms with Gasteiger partial charge in [0.1, 0.15) is 6.10 Å². The second-order valence-electron chi connectivity index (χ2n) is 22.1. The zero-order valence-corrected chi connectivity index (χ0v) is 38.0. The summed E-state index contributed by atoms with van der Waals surface area (Å²) in [6.07, 6.45) is 15.2. The van der Waals surface area contributed by atoms with E-state index in [1.807, 2.05) is 25.6 Å². The molecule has 0 radical (unpaired) electrons. The Bertz CT molecular complexity index is 1650. The molecule has 6 saturated carbocycles. The highest BCUT2D eigenvalue weighted by molar-refractivity contribution is 7.98. The summed E-state index contributed by atoms with van der Waals surface area (Å²) in [5, 5.41) is 14.0. The van der Waals surface area contributed by atoms with Crippen molar-refractivity contribution in [1.82, 2.24) is 10.2 Å². The molecule has 0 amide bonds. The zero-order valence-electron chi connectivity index (χ0n) is 36.4. The second-order valence-corrected chi connectivity index (χ2v) is 25.4. The van der Waals surface area contributed by atoms with Gasteiger partial charge in [0.15, 0.2) is 9.84 Å². The minimum absolute atomic E-state index is 0.0982. The van der Waals surface area contributed by atoms with E-state index in [4.69, 9.17) is 4.74 Å². The van der Waals surface area contributed by atoms with Crippen LogP contribution in [0.5, 0.6) is 0 Å². The number of fused-ring (bicyclic) bond motifs is 7. The summed E-state index contributed by atoms with van der Waals surface area (Å²) in [5.74, 6) is 2.61. The second kappa shape index (κ2) is 14.8. The third-order valence-electron chi connectivity index (χ3n) is 19.4. The van der Waals surface area contributed by atoms with Gasteiger partial charge in [0, 0.05) is 36.6 Å². The number of esters is 1. The Hall–Kier alpha value is -1.10. The fourth-order valence-corrected chi connectivity index (χ4v) is 17.4.